The summed E-state index contributed by atoms with van der Waals surface area (Å²) in [7, 11) is 0. The molecule has 1 saturated heterocycles. The Morgan fingerprint density at radius 3 is 2.38 bits per heavy atom. The summed E-state index contributed by atoms with van der Waals surface area (Å²) in [5.41, 5.74) is 2.71. The van der Waals surface area contributed by atoms with Crippen molar-refractivity contribution in [1.82, 2.24) is 16.0 Å². The molecule has 0 unspecified atom stereocenters. The number of benzene rings is 2. The minimum atomic E-state index is -0.0553. The van der Waals surface area contributed by atoms with Gasteiger partial charge in [0.2, 0.25) is 5.91 Å². The maximum atomic E-state index is 12.0. The van der Waals surface area contributed by atoms with E-state index in [1.54, 1.807) is 12.1 Å². The van der Waals surface area contributed by atoms with Crippen LogP contribution in [0.25, 0.3) is 0 Å². The van der Waals surface area contributed by atoms with E-state index in [0.717, 1.165) is 43.1 Å². The molecule has 1 aliphatic heterocycles. The van der Waals surface area contributed by atoms with E-state index in [0.29, 0.717) is 31.6 Å². The molecule has 0 spiro atoms. The lowest BCUT2D eigenvalue weighted by Gasteiger charge is -2.16. The highest BCUT2D eigenvalue weighted by Gasteiger charge is 2.21. The summed E-state index contributed by atoms with van der Waals surface area (Å²) < 4.78 is 0. The van der Waals surface area contributed by atoms with Crippen LogP contribution in [0, 0.1) is 0 Å². The highest BCUT2D eigenvalue weighted by Crippen LogP contribution is 2.21. The van der Waals surface area contributed by atoms with Crippen molar-refractivity contribution in [2.45, 2.75) is 32.7 Å². The van der Waals surface area contributed by atoms with E-state index in [4.69, 9.17) is 0 Å². The van der Waals surface area contributed by atoms with E-state index in [1.165, 1.54) is 0 Å². The maximum absolute atomic E-state index is 12.0. The summed E-state index contributed by atoms with van der Waals surface area (Å²) in [5, 5.41) is 9.47. The molecular formula is C24H32IN5O2. The molecule has 1 fully saturated rings. The first-order valence-corrected chi connectivity index (χ1v) is 10.9. The number of carbonyl (C=O) groups is 2. The van der Waals surface area contributed by atoms with E-state index >= 15 is 0 Å². The van der Waals surface area contributed by atoms with Gasteiger partial charge in [-0.25, -0.2) is 4.99 Å². The molecule has 1 aliphatic rings. The van der Waals surface area contributed by atoms with E-state index < -0.39 is 0 Å². The highest BCUT2D eigenvalue weighted by atomic mass is 127. The number of anilines is 1. The Morgan fingerprint density at radius 2 is 1.72 bits per heavy atom. The highest BCUT2D eigenvalue weighted by molar-refractivity contribution is 14.0. The van der Waals surface area contributed by atoms with Crippen molar-refractivity contribution in [2.24, 2.45) is 4.99 Å². The molecule has 0 radical (unpaired) electrons. The molecule has 32 heavy (non-hydrogen) atoms. The summed E-state index contributed by atoms with van der Waals surface area (Å²) in [6.07, 6.45) is 2.36. The van der Waals surface area contributed by atoms with E-state index in [-0.39, 0.29) is 35.8 Å². The summed E-state index contributed by atoms with van der Waals surface area (Å²) in [5.74, 6) is 0.889. The smallest absolute Gasteiger partial charge is 0.251 e. The Kier molecular flexibility index (Phi) is 11.0. The molecule has 3 rings (SSSR count). The molecule has 0 aliphatic carbocycles. The van der Waals surface area contributed by atoms with Crippen LogP contribution in [0.5, 0.6) is 0 Å². The Hall–Kier alpha value is -2.62. The van der Waals surface area contributed by atoms with Gasteiger partial charge in [0.05, 0.1) is 6.54 Å². The Bertz CT molecular complexity index is 887. The predicted octanol–water partition coefficient (Wildman–Crippen LogP) is 3.31. The summed E-state index contributed by atoms with van der Waals surface area (Å²) >= 11 is 0. The number of hydrogen-bond donors (Lipinski definition) is 3. The topological polar surface area (TPSA) is 85.8 Å². The van der Waals surface area contributed by atoms with Crippen LogP contribution in [0.4, 0.5) is 5.69 Å². The van der Waals surface area contributed by atoms with Gasteiger partial charge in [0.1, 0.15) is 0 Å². The average molecular weight is 549 g/mol. The number of halogens is 1. The third-order valence-electron chi connectivity index (χ3n) is 5.05. The number of guanidine groups is 1. The van der Waals surface area contributed by atoms with Crippen LogP contribution in [-0.4, -0.2) is 44.0 Å². The van der Waals surface area contributed by atoms with Crippen molar-refractivity contribution in [3.05, 3.63) is 65.7 Å². The molecule has 0 aromatic heterocycles. The predicted molar refractivity (Wildman–Crippen MR) is 140 cm³/mol. The molecule has 2 aromatic rings. The molecule has 0 atom stereocenters. The van der Waals surface area contributed by atoms with Gasteiger partial charge in [-0.2, -0.15) is 0 Å². The van der Waals surface area contributed by atoms with Crippen LogP contribution in [0.2, 0.25) is 0 Å². The second-order valence-corrected chi connectivity index (χ2v) is 7.41. The minimum absolute atomic E-state index is 0. The maximum Gasteiger partial charge on any atom is 0.251 e. The summed E-state index contributed by atoms with van der Waals surface area (Å²) in [4.78, 5) is 30.4. The normalized spacial score (nSPS) is 13.5. The zero-order valence-electron chi connectivity index (χ0n) is 18.5. The molecule has 0 bridgehead atoms. The fourth-order valence-electron chi connectivity index (χ4n) is 3.40. The molecule has 7 nitrogen and oxygen atoms in total. The third-order valence-corrected chi connectivity index (χ3v) is 5.05. The van der Waals surface area contributed by atoms with Crippen molar-refractivity contribution >= 4 is 47.4 Å². The summed E-state index contributed by atoms with van der Waals surface area (Å²) in [6.45, 7) is 5.45. The van der Waals surface area contributed by atoms with Crippen LogP contribution in [0.1, 0.15) is 42.1 Å². The Balaban J connectivity index is 0.00000363. The monoisotopic (exact) mass is 549 g/mol. The van der Waals surface area contributed by atoms with Crippen molar-refractivity contribution in [3.8, 4) is 0 Å². The molecule has 2 amide bonds. The number of carbonyl (C=O) groups excluding carboxylic acids is 2. The van der Waals surface area contributed by atoms with Gasteiger partial charge in [-0.15, -0.1) is 24.0 Å². The second kappa shape index (κ2) is 13.7. The molecular weight excluding hydrogens is 517 g/mol. The van der Waals surface area contributed by atoms with Gasteiger partial charge in [0, 0.05) is 43.9 Å². The largest absolute Gasteiger partial charge is 0.357 e. The van der Waals surface area contributed by atoms with Crippen molar-refractivity contribution in [1.29, 1.82) is 0 Å². The number of nitrogens with zero attached hydrogens (tertiary/aromatic N) is 2. The number of amides is 2. The van der Waals surface area contributed by atoms with Gasteiger partial charge in [0.25, 0.3) is 5.91 Å². The Morgan fingerprint density at radius 1 is 1.00 bits per heavy atom. The fraction of sp³-hybridized carbons (Fsp3) is 0.375. The van der Waals surface area contributed by atoms with Gasteiger partial charge in [-0.3, -0.25) is 9.59 Å². The molecule has 172 valence electrons. The van der Waals surface area contributed by atoms with Crippen LogP contribution in [0.3, 0.4) is 0 Å². The van der Waals surface area contributed by atoms with E-state index in [9.17, 15) is 9.59 Å². The lowest BCUT2D eigenvalue weighted by molar-refractivity contribution is -0.117. The van der Waals surface area contributed by atoms with E-state index in [2.05, 4.69) is 20.9 Å². The van der Waals surface area contributed by atoms with Gasteiger partial charge < -0.3 is 20.9 Å². The first kappa shape index (κ1) is 25.6. The Labute approximate surface area is 207 Å². The van der Waals surface area contributed by atoms with Crippen LogP contribution in [0.15, 0.2) is 59.6 Å². The molecule has 8 heteroatoms. The van der Waals surface area contributed by atoms with Crippen molar-refractivity contribution in [3.63, 3.8) is 0 Å². The van der Waals surface area contributed by atoms with Gasteiger partial charge in [-0.1, -0.05) is 30.3 Å². The lowest BCUT2D eigenvalue weighted by atomic mass is 10.2. The van der Waals surface area contributed by atoms with E-state index in [1.807, 2.05) is 54.3 Å². The first-order valence-electron chi connectivity index (χ1n) is 10.9. The summed E-state index contributed by atoms with van der Waals surface area (Å²) in [6, 6.07) is 17.2. The number of hydrogen-bond acceptors (Lipinski definition) is 3. The van der Waals surface area contributed by atoms with Gasteiger partial charge >= 0.3 is 0 Å². The SMILES string of the molecule is CCNC(=NCc1ccc(N2CCCC2=O)cc1)NCCCNC(=O)c1ccccc1.I. The standard InChI is InChI=1S/C24H31N5O2.HI/c1-2-25-24(27-16-7-15-26-23(31)20-8-4-3-5-9-20)28-18-19-11-13-21(14-12-19)29-17-6-10-22(29)30;/h3-5,8-9,11-14H,2,6-7,10,15-18H2,1H3,(H,26,31)(H2,25,27,28);1H. The molecule has 1 heterocycles. The first-order chi connectivity index (χ1) is 15.2. The molecule has 2 aromatic carbocycles. The van der Waals surface area contributed by atoms with Crippen molar-refractivity contribution < 1.29 is 9.59 Å². The zero-order chi connectivity index (χ0) is 21.9. The number of nitrogens with one attached hydrogen (secondary N) is 3. The van der Waals surface area contributed by atoms with Gasteiger partial charge in [-0.05, 0) is 49.6 Å². The average Bonchev–Trinajstić information content (AvgIpc) is 3.23. The minimum Gasteiger partial charge on any atom is -0.357 e. The van der Waals surface area contributed by atoms with Crippen LogP contribution in [-0.2, 0) is 11.3 Å². The van der Waals surface area contributed by atoms with Crippen LogP contribution >= 0.6 is 24.0 Å². The second-order valence-electron chi connectivity index (χ2n) is 7.41. The third kappa shape index (κ3) is 7.81. The lowest BCUT2D eigenvalue weighted by Crippen LogP contribution is -2.38. The van der Waals surface area contributed by atoms with Crippen LogP contribution < -0.4 is 20.9 Å². The molecule has 3 N–H and O–H groups in total. The van der Waals surface area contributed by atoms with Gasteiger partial charge in [0.15, 0.2) is 5.96 Å². The van der Waals surface area contributed by atoms with Crippen molar-refractivity contribution in [2.75, 3.05) is 31.1 Å². The fourth-order valence-corrected chi connectivity index (χ4v) is 3.40. The number of aliphatic imine (C=N–C) groups is 1. The molecule has 0 saturated carbocycles. The number of rotatable bonds is 9. The quantitative estimate of drug-likeness (QED) is 0.194. The zero-order valence-corrected chi connectivity index (χ0v) is 20.8.